The number of para-hydroxylation sites is 2. The van der Waals surface area contributed by atoms with E-state index in [1.165, 1.54) is 5.56 Å². The number of amides is 1. The Kier molecular flexibility index (Phi) is 5.01. The van der Waals surface area contributed by atoms with E-state index in [9.17, 15) is 4.79 Å². The van der Waals surface area contributed by atoms with Crippen LogP contribution in [0.2, 0.25) is 0 Å². The van der Waals surface area contributed by atoms with Gasteiger partial charge in [0.2, 0.25) is 5.91 Å². The third-order valence-electron chi connectivity index (χ3n) is 4.57. The maximum Gasteiger partial charge on any atom is 0.244 e. The van der Waals surface area contributed by atoms with Crippen molar-refractivity contribution in [3.8, 4) is 11.4 Å². The molecule has 0 saturated heterocycles. The molecular formula is C22H21N3O2. The molecule has 1 aliphatic rings. The largest absolute Gasteiger partial charge is 0.493 e. The number of carbonyl (C=O) groups excluding carboxylic acids is 1. The fourth-order valence-electron chi connectivity index (χ4n) is 3.14. The smallest absolute Gasteiger partial charge is 0.244 e. The third kappa shape index (κ3) is 4.26. The zero-order chi connectivity index (χ0) is 18.5. The molecule has 1 aromatic heterocycles. The van der Waals surface area contributed by atoms with E-state index >= 15 is 0 Å². The van der Waals surface area contributed by atoms with E-state index in [1.807, 2.05) is 54.7 Å². The quantitative estimate of drug-likeness (QED) is 0.712. The van der Waals surface area contributed by atoms with Gasteiger partial charge in [0.15, 0.2) is 0 Å². The monoisotopic (exact) mass is 359 g/mol. The lowest BCUT2D eigenvalue weighted by molar-refractivity contribution is -0.116. The summed E-state index contributed by atoms with van der Waals surface area (Å²) in [5.41, 5.74) is 3.06. The molecule has 0 radical (unpaired) electrons. The second kappa shape index (κ2) is 7.91. The Morgan fingerprint density at radius 1 is 1.19 bits per heavy atom. The predicted molar refractivity (Wildman–Crippen MR) is 105 cm³/mol. The Morgan fingerprint density at radius 2 is 2.00 bits per heavy atom. The first-order valence-corrected chi connectivity index (χ1v) is 9.04. The van der Waals surface area contributed by atoms with Crippen LogP contribution < -0.4 is 10.1 Å². The summed E-state index contributed by atoms with van der Waals surface area (Å²) in [6, 6.07) is 17.9. The number of benzene rings is 2. The van der Waals surface area contributed by atoms with Crippen molar-refractivity contribution in [1.82, 2.24) is 15.1 Å². The highest BCUT2D eigenvalue weighted by molar-refractivity contribution is 5.91. The minimum Gasteiger partial charge on any atom is -0.493 e. The standard InChI is InChI=1S/C22H21N3O2/c26-22(23-13-18-12-19-6-4-5-9-21(19)27-16-18)11-10-17-14-24-25(15-17)20-7-2-1-3-8-20/h1-11,14-15,18H,12-13,16H2,(H,23,26)/b11-10+. The molecule has 5 heteroatoms. The zero-order valence-electron chi connectivity index (χ0n) is 14.9. The van der Waals surface area contributed by atoms with Crippen molar-refractivity contribution in [2.24, 2.45) is 5.92 Å². The van der Waals surface area contributed by atoms with Crippen molar-refractivity contribution in [2.45, 2.75) is 6.42 Å². The summed E-state index contributed by atoms with van der Waals surface area (Å²) in [5, 5.41) is 7.28. The summed E-state index contributed by atoms with van der Waals surface area (Å²) in [6.45, 7) is 1.23. The molecular weight excluding hydrogens is 338 g/mol. The number of nitrogens with zero attached hydrogens (tertiary/aromatic N) is 2. The molecule has 2 aromatic carbocycles. The van der Waals surface area contributed by atoms with Crippen LogP contribution in [0.5, 0.6) is 5.75 Å². The van der Waals surface area contributed by atoms with Gasteiger partial charge >= 0.3 is 0 Å². The summed E-state index contributed by atoms with van der Waals surface area (Å²) in [5.74, 6) is 1.13. The summed E-state index contributed by atoms with van der Waals surface area (Å²) in [6.07, 6.45) is 7.87. The second-order valence-corrected chi connectivity index (χ2v) is 6.62. The van der Waals surface area contributed by atoms with Gasteiger partial charge in [0.25, 0.3) is 0 Å². The third-order valence-corrected chi connectivity index (χ3v) is 4.57. The molecule has 1 atom stereocenters. The van der Waals surface area contributed by atoms with Gasteiger partial charge < -0.3 is 10.1 Å². The van der Waals surface area contributed by atoms with E-state index in [1.54, 1.807) is 23.0 Å². The van der Waals surface area contributed by atoms with Crippen molar-refractivity contribution in [3.05, 3.63) is 84.2 Å². The normalized spacial score (nSPS) is 15.9. The minimum absolute atomic E-state index is 0.110. The molecule has 0 bridgehead atoms. The van der Waals surface area contributed by atoms with Gasteiger partial charge in [-0.1, -0.05) is 36.4 Å². The molecule has 3 aromatic rings. The van der Waals surface area contributed by atoms with E-state index in [4.69, 9.17) is 4.74 Å². The average Bonchev–Trinajstić information content (AvgIpc) is 3.20. The maximum atomic E-state index is 12.1. The van der Waals surface area contributed by atoms with E-state index in [-0.39, 0.29) is 11.8 Å². The van der Waals surface area contributed by atoms with Crippen LogP contribution in [-0.2, 0) is 11.2 Å². The number of aromatic nitrogens is 2. The van der Waals surface area contributed by atoms with Crippen LogP contribution in [0.15, 0.2) is 73.1 Å². The predicted octanol–water partition coefficient (Wildman–Crippen LogP) is 3.25. The highest BCUT2D eigenvalue weighted by atomic mass is 16.5. The Morgan fingerprint density at radius 3 is 2.89 bits per heavy atom. The van der Waals surface area contributed by atoms with Gasteiger partial charge in [0.1, 0.15) is 5.75 Å². The second-order valence-electron chi connectivity index (χ2n) is 6.62. The van der Waals surface area contributed by atoms with Crippen molar-refractivity contribution < 1.29 is 9.53 Å². The lowest BCUT2D eigenvalue weighted by Gasteiger charge is -2.25. The first-order chi connectivity index (χ1) is 13.3. The van der Waals surface area contributed by atoms with Crippen LogP contribution in [0.1, 0.15) is 11.1 Å². The first kappa shape index (κ1) is 17.1. The van der Waals surface area contributed by atoms with Gasteiger partial charge in [-0.2, -0.15) is 5.10 Å². The van der Waals surface area contributed by atoms with E-state index in [2.05, 4.69) is 16.5 Å². The van der Waals surface area contributed by atoms with Crippen LogP contribution >= 0.6 is 0 Å². The van der Waals surface area contributed by atoms with Crippen LogP contribution in [-0.4, -0.2) is 28.8 Å². The Hall–Kier alpha value is -3.34. The molecule has 1 N–H and O–H groups in total. The van der Waals surface area contributed by atoms with Gasteiger partial charge in [0.05, 0.1) is 18.5 Å². The van der Waals surface area contributed by atoms with Crippen LogP contribution in [0.25, 0.3) is 11.8 Å². The minimum atomic E-state index is -0.110. The Balaban J connectivity index is 1.29. The van der Waals surface area contributed by atoms with Crippen molar-refractivity contribution in [3.63, 3.8) is 0 Å². The van der Waals surface area contributed by atoms with Gasteiger partial charge in [-0.05, 0) is 36.3 Å². The number of rotatable bonds is 5. The Bertz CT molecular complexity index is 947. The highest BCUT2D eigenvalue weighted by Crippen LogP contribution is 2.26. The number of hydrogen-bond donors (Lipinski definition) is 1. The van der Waals surface area contributed by atoms with E-state index in [0.717, 1.165) is 23.4 Å². The van der Waals surface area contributed by atoms with E-state index < -0.39 is 0 Å². The molecule has 0 saturated carbocycles. The number of hydrogen-bond acceptors (Lipinski definition) is 3. The van der Waals surface area contributed by atoms with Crippen molar-refractivity contribution in [2.75, 3.05) is 13.2 Å². The number of nitrogens with one attached hydrogen (secondary N) is 1. The lowest BCUT2D eigenvalue weighted by atomic mass is 9.97. The molecule has 27 heavy (non-hydrogen) atoms. The topological polar surface area (TPSA) is 56.2 Å². The number of fused-ring (bicyclic) bond motifs is 1. The van der Waals surface area contributed by atoms with Gasteiger partial charge in [0, 0.05) is 30.3 Å². The van der Waals surface area contributed by atoms with E-state index in [0.29, 0.717) is 13.2 Å². The summed E-state index contributed by atoms with van der Waals surface area (Å²) in [7, 11) is 0. The molecule has 0 spiro atoms. The van der Waals surface area contributed by atoms with Crippen LogP contribution in [0, 0.1) is 5.92 Å². The van der Waals surface area contributed by atoms with Gasteiger partial charge in [-0.25, -0.2) is 4.68 Å². The summed E-state index contributed by atoms with van der Waals surface area (Å²) >= 11 is 0. The summed E-state index contributed by atoms with van der Waals surface area (Å²) in [4.78, 5) is 12.1. The Labute approximate surface area is 158 Å². The molecule has 2 heterocycles. The highest BCUT2D eigenvalue weighted by Gasteiger charge is 2.19. The van der Waals surface area contributed by atoms with Gasteiger partial charge in [-0.3, -0.25) is 4.79 Å². The van der Waals surface area contributed by atoms with Crippen molar-refractivity contribution in [1.29, 1.82) is 0 Å². The average molecular weight is 359 g/mol. The number of ether oxygens (including phenoxy) is 1. The molecule has 0 fully saturated rings. The molecule has 1 aliphatic heterocycles. The molecule has 0 aliphatic carbocycles. The summed E-state index contributed by atoms with van der Waals surface area (Å²) < 4.78 is 7.55. The molecule has 4 rings (SSSR count). The fraction of sp³-hybridized carbons (Fsp3) is 0.182. The maximum absolute atomic E-state index is 12.1. The SMILES string of the molecule is O=C(/C=C/c1cnn(-c2ccccc2)c1)NCC1COc2ccccc2C1. The fourth-order valence-corrected chi connectivity index (χ4v) is 3.14. The molecule has 5 nitrogen and oxygen atoms in total. The molecule has 136 valence electrons. The first-order valence-electron chi connectivity index (χ1n) is 9.04. The van der Waals surface area contributed by atoms with Crippen LogP contribution in [0.3, 0.4) is 0 Å². The molecule has 1 amide bonds. The number of carbonyl (C=O) groups is 1. The zero-order valence-corrected chi connectivity index (χ0v) is 14.9. The van der Waals surface area contributed by atoms with Gasteiger partial charge in [-0.15, -0.1) is 0 Å². The van der Waals surface area contributed by atoms with Crippen LogP contribution in [0.4, 0.5) is 0 Å². The van der Waals surface area contributed by atoms with Crippen molar-refractivity contribution >= 4 is 12.0 Å². The molecule has 1 unspecified atom stereocenters. The lowest BCUT2D eigenvalue weighted by Crippen LogP contribution is -2.33.